The van der Waals surface area contributed by atoms with Crippen LogP contribution in [0.15, 0.2) is 38.3 Å². The van der Waals surface area contributed by atoms with Crippen LogP contribution in [0, 0.1) is 0 Å². The molecule has 2 aromatic rings. The van der Waals surface area contributed by atoms with Gasteiger partial charge in [0.2, 0.25) is 0 Å². The van der Waals surface area contributed by atoms with Crippen LogP contribution in [0.25, 0.3) is 0 Å². The van der Waals surface area contributed by atoms with E-state index in [-0.39, 0.29) is 15.5 Å². The zero-order valence-electron chi connectivity index (χ0n) is 9.63. The first-order valence-electron chi connectivity index (χ1n) is 5.10. The molecule has 1 heterocycles. The summed E-state index contributed by atoms with van der Waals surface area (Å²) in [6, 6.07) is 6.86. The standard InChI is InChI=1S/C11H7BrClNO4S2/c12-10-8(13)5-9(19-10)20(17,18)14-7-3-1-2-6(4-7)11(15)16/h1-5,14H,(H,15,16). The highest BCUT2D eigenvalue weighted by Gasteiger charge is 2.19. The maximum atomic E-state index is 12.1. The Labute approximate surface area is 132 Å². The summed E-state index contributed by atoms with van der Waals surface area (Å²) in [5.41, 5.74) is 0.168. The number of rotatable bonds is 4. The van der Waals surface area contributed by atoms with Gasteiger partial charge in [0.05, 0.1) is 14.4 Å². The molecule has 1 aromatic carbocycles. The summed E-state index contributed by atoms with van der Waals surface area (Å²) in [4.78, 5) is 10.8. The molecule has 0 unspecified atom stereocenters. The molecule has 0 aliphatic carbocycles. The Morgan fingerprint density at radius 2 is 2.05 bits per heavy atom. The van der Waals surface area contributed by atoms with Crippen molar-refractivity contribution in [3.8, 4) is 0 Å². The van der Waals surface area contributed by atoms with Gasteiger partial charge in [0.1, 0.15) is 4.21 Å². The number of nitrogens with one attached hydrogen (secondary N) is 1. The molecular formula is C11H7BrClNO4S2. The second kappa shape index (κ2) is 5.72. The Bertz CT molecular complexity index is 753. The smallest absolute Gasteiger partial charge is 0.335 e. The number of carboxylic acid groups (broad SMARTS) is 1. The number of carbonyl (C=O) groups is 1. The maximum Gasteiger partial charge on any atom is 0.335 e. The van der Waals surface area contributed by atoms with Crippen molar-refractivity contribution >= 4 is 60.5 Å². The molecule has 0 saturated heterocycles. The monoisotopic (exact) mass is 395 g/mol. The number of sulfonamides is 1. The van der Waals surface area contributed by atoms with Crippen molar-refractivity contribution in [2.75, 3.05) is 4.72 Å². The Balaban J connectivity index is 2.33. The maximum absolute atomic E-state index is 12.1. The van der Waals surface area contributed by atoms with E-state index < -0.39 is 16.0 Å². The van der Waals surface area contributed by atoms with Gasteiger partial charge in [0.25, 0.3) is 10.0 Å². The first-order chi connectivity index (χ1) is 9.29. The van der Waals surface area contributed by atoms with Gasteiger partial charge in [-0.3, -0.25) is 4.72 Å². The summed E-state index contributed by atoms with van der Waals surface area (Å²) < 4.78 is 27.1. The summed E-state index contributed by atoms with van der Waals surface area (Å²) in [5, 5.41) is 9.17. The molecule has 2 N–H and O–H groups in total. The molecule has 0 bridgehead atoms. The van der Waals surface area contributed by atoms with E-state index in [2.05, 4.69) is 20.7 Å². The van der Waals surface area contributed by atoms with E-state index in [4.69, 9.17) is 16.7 Å². The molecule has 0 fully saturated rings. The SMILES string of the molecule is O=C(O)c1cccc(NS(=O)(=O)c2cc(Cl)c(Br)s2)c1. The van der Waals surface area contributed by atoms with Gasteiger partial charge < -0.3 is 5.11 Å². The highest BCUT2D eigenvalue weighted by atomic mass is 79.9. The van der Waals surface area contributed by atoms with E-state index in [1.54, 1.807) is 0 Å². The normalized spacial score (nSPS) is 11.3. The van der Waals surface area contributed by atoms with E-state index in [0.717, 1.165) is 11.3 Å². The number of benzene rings is 1. The van der Waals surface area contributed by atoms with E-state index >= 15 is 0 Å². The predicted octanol–water partition coefficient (Wildman–Crippen LogP) is 3.66. The molecule has 0 aliphatic rings. The van der Waals surface area contributed by atoms with Gasteiger partial charge in [0, 0.05) is 5.69 Å². The molecule has 5 nitrogen and oxygen atoms in total. The lowest BCUT2D eigenvalue weighted by Gasteiger charge is -2.06. The third-order valence-electron chi connectivity index (χ3n) is 2.25. The Hall–Kier alpha value is -1.09. The van der Waals surface area contributed by atoms with Crippen LogP contribution in [0.2, 0.25) is 5.02 Å². The van der Waals surface area contributed by atoms with Crippen LogP contribution in [0.5, 0.6) is 0 Å². The van der Waals surface area contributed by atoms with Gasteiger partial charge in [-0.2, -0.15) is 0 Å². The number of carboxylic acids is 1. The zero-order chi connectivity index (χ0) is 14.9. The molecule has 9 heteroatoms. The van der Waals surface area contributed by atoms with E-state index in [0.29, 0.717) is 8.81 Å². The van der Waals surface area contributed by atoms with Crippen LogP contribution in [-0.2, 0) is 10.0 Å². The van der Waals surface area contributed by atoms with E-state index in [1.807, 2.05) is 0 Å². The van der Waals surface area contributed by atoms with Gasteiger partial charge in [-0.05, 0) is 40.2 Å². The molecular weight excluding hydrogens is 390 g/mol. The fourth-order valence-corrected chi connectivity index (χ4v) is 4.83. The van der Waals surface area contributed by atoms with Crippen molar-refractivity contribution < 1.29 is 18.3 Å². The van der Waals surface area contributed by atoms with Crippen molar-refractivity contribution in [1.82, 2.24) is 0 Å². The highest BCUT2D eigenvalue weighted by molar-refractivity contribution is 9.11. The highest BCUT2D eigenvalue weighted by Crippen LogP contribution is 2.35. The molecule has 1 aromatic heterocycles. The van der Waals surface area contributed by atoms with Gasteiger partial charge in [-0.1, -0.05) is 17.7 Å². The number of hydrogen-bond acceptors (Lipinski definition) is 4. The lowest BCUT2D eigenvalue weighted by molar-refractivity contribution is 0.0697. The summed E-state index contributed by atoms with van der Waals surface area (Å²) >= 11 is 9.91. The number of aromatic carboxylic acids is 1. The Morgan fingerprint density at radius 3 is 2.60 bits per heavy atom. The second-order valence-electron chi connectivity index (χ2n) is 3.68. The number of thiophene rings is 1. The molecule has 0 atom stereocenters. The minimum atomic E-state index is -3.80. The largest absolute Gasteiger partial charge is 0.478 e. The average molecular weight is 397 g/mol. The Kier molecular flexibility index (Phi) is 4.38. The molecule has 0 saturated carbocycles. The first kappa shape index (κ1) is 15.3. The summed E-state index contributed by atoms with van der Waals surface area (Å²) in [6.07, 6.45) is 0. The third kappa shape index (κ3) is 3.32. The van der Waals surface area contributed by atoms with Crippen molar-refractivity contribution in [3.05, 3.63) is 44.7 Å². The van der Waals surface area contributed by atoms with Crippen molar-refractivity contribution in [2.45, 2.75) is 4.21 Å². The van der Waals surface area contributed by atoms with Crippen LogP contribution in [0.1, 0.15) is 10.4 Å². The van der Waals surface area contributed by atoms with Crippen LogP contribution in [0.4, 0.5) is 5.69 Å². The number of anilines is 1. The molecule has 20 heavy (non-hydrogen) atoms. The molecule has 2 rings (SSSR count). The third-order valence-corrected chi connectivity index (χ3v) is 6.58. The minimum absolute atomic E-state index is 0.00408. The number of hydrogen-bond donors (Lipinski definition) is 2. The fraction of sp³-hybridized carbons (Fsp3) is 0. The molecule has 0 radical (unpaired) electrons. The van der Waals surface area contributed by atoms with Crippen LogP contribution < -0.4 is 4.72 Å². The topological polar surface area (TPSA) is 83.5 Å². The second-order valence-corrected chi connectivity index (χ2v) is 8.37. The van der Waals surface area contributed by atoms with Crippen molar-refractivity contribution in [3.63, 3.8) is 0 Å². The summed E-state index contributed by atoms with van der Waals surface area (Å²) in [7, 11) is -3.80. The number of halogens is 2. The van der Waals surface area contributed by atoms with Gasteiger partial charge in [-0.25, -0.2) is 13.2 Å². The van der Waals surface area contributed by atoms with Gasteiger partial charge in [0.15, 0.2) is 0 Å². The summed E-state index contributed by atoms with van der Waals surface area (Å²) in [5.74, 6) is -1.13. The lowest BCUT2D eigenvalue weighted by Crippen LogP contribution is -2.12. The van der Waals surface area contributed by atoms with Crippen LogP contribution >= 0.6 is 38.9 Å². The van der Waals surface area contributed by atoms with Crippen molar-refractivity contribution in [2.24, 2.45) is 0 Å². The molecule has 0 spiro atoms. The van der Waals surface area contributed by atoms with Crippen molar-refractivity contribution in [1.29, 1.82) is 0 Å². The van der Waals surface area contributed by atoms with E-state index in [9.17, 15) is 13.2 Å². The quantitative estimate of drug-likeness (QED) is 0.826. The lowest BCUT2D eigenvalue weighted by atomic mass is 10.2. The molecule has 0 amide bonds. The summed E-state index contributed by atoms with van der Waals surface area (Å²) in [6.45, 7) is 0. The van der Waals surface area contributed by atoms with Gasteiger partial charge >= 0.3 is 5.97 Å². The average Bonchev–Trinajstić information content (AvgIpc) is 2.70. The van der Waals surface area contributed by atoms with E-state index in [1.165, 1.54) is 30.3 Å². The Morgan fingerprint density at radius 1 is 1.35 bits per heavy atom. The van der Waals surface area contributed by atoms with Gasteiger partial charge in [-0.15, -0.1) is 11.3 Å². The minimum Gasteiger partial charge on any atom is -0.478 e. The molecule has 0 aliphatic heterocycles. The zero-order valence-corrected chi connectivity index (χ0v) is 13.6. The van der Waals surface area contributed by atoms with Crippen LogP contribution in [0.3, 0.4) is 0 Å². The molecule has 106 valence electrons. The van der Waals surface area contributed by atoms with Crippen LogP contribution in [-0.4, -0.2) is 19.5 Å². The predicted molar refractivity (Wildman–Crippen MR) is 81.2 cm³/mol. The fourth-order valence-electron chi connectivity index (χ4n) is 1.38. The first-order valence-corrected chi connectivity index (χ1v) is 8.57.